The number of carboxylic acids is 1. The number of carbonyl (C=O) groups excluding carboxylic acids is 1. The van der Waals surface area contributed by atoms with Gasteiger partial charge in [-0.1, -0.05) is 39.2 Å². The first-order valence-electron chi connectivity index (χ1n) is 12.2. The molecule has 1 unspecified atom stereocenters. The molecule has 1 saturated carbocycles. The number of hydrogen-bond acceptors (Lipinski definition) is 4. The first kappa shape index (κ1) is 26.4. The largest absolute Gasteiger partial charge is 0.479 e. The lowest BCUT2D eigenvalue weighted by Crippen LogP contribution is -2.40. The number of amides is 1. The summed E-state index contributed by atoms with van der Waals surface area (Å²) >= 11 is 0. The summed E-state index contributed by atoms with van der Waals surface area (Å²) < 4.78 is 32.9. The predicted molar refractivity (Wildman–Crippen MR) is 132 cm³/mol. The molecule has 2 N–H and O–H groups in total. The number of rotatable bonds is 10. The molecule has 1 aliphatic rings. The first-order chi connectivity index (χ1) is 16.6. The van der Waals surface area contributed by atoms with E-state index in [1.807, 2.05) is 6.07 Å². The van der Waals surface area contributed by atoms with Gasteiger partial charge in [0.05, 0.1) is 17.8 Å². The maximum absolute atomic E-state index is 14.1. The van der Waals surface area contributed by atoms with Crippen molar-refractivity contribution in [1.29, 1.82) is 0 Å². The Kier molecular flexibility index (Phi) is 9.07. The van der Waals surface area contributed by atoms with E-state index in [-0.39, 0.29) is 12.0 Å². The lowest BCUT2D eigenvalue weighted by Gasteiger charge is -2.38. The van der Waals surface area contributed by atoms with E-state index in [1.165, 1.54) is 19.4 Å². The van der Waals surface area contributed by atoms with Crippen LogP contribution in [0.2, 0.25) is 0 Å². The van der Waals surface area contributed by atoms with E-state index >= 15 is 0 Å². The zero-order chi connectivity index (χ0) is 25.5. The molecular formula is C27H34F2N2O4. The molecular weight excluding hydrogens is 454 g/mol. The Morgan fingerprint density at radius 1 is 1.09 bits per heavy atom. The summed E-state index contributed by atoms with van der Waals surface area (Å²) in [6, 6.07) is 8.61. The summed E-state index contributed by atoms with van der Waals surface area (Å²) in [7, 11) is 0. The number of ether oxygens (including phenoxy) is 1. The maximum atomic E-state index is 14.1. The van der Waals surface area contributed by atoms with Gasteiger partial charge in [-0.05, 0) is 49.4 Å². The first-order valence-corrected chi connectivity index (χ1v) is 12.2. The fraction of sp³-hybridized carbons (Fsp3) is 0.481. The number of nitrogens with one attached hydrogen (secondary N) is 1. The van der Waals surface area contributed by atoms with E-state index < -0.39 is 29.6 Å². The summed E-state index contributed by atoms with van der Waals surface area (Å²) in [5, 5.41) is 12.1. The Morgan fingerprint density at radius 2 is 1.80 bits per heavy atom. The molecule has 8 heteroatoms. The highest BCUT2D eigenvalue weighted by molar-refractivity contribution is 5.96. The van der Waals surface area contributed by atoms with Crippen molar-refractivity contribution in [1.82, 2.24) is 0 Å². The van der Waals surface area contributed by atoms with Crippen molar-refractivity contribution in [3.05, 3.63) is 53.6 Å². The molecule has 0 saturated heterocycles. The zero-order valence-corrected chi connectivity index (χ0v) is 20.5. The van der Waals surface area contributed by atoms with Gasteiger partial charge in [-0.3, -0.25) is 4.79 Å². The van der Waals surface area contributed by atoms with Crippen LogP contribution in [0.4, 0.5) is 20.2 Å². The number of halogens is 2. The third kappa shape index (κ3) is 7.41. The summed E-state index contributed by atoms with van der Waals surface area (Å²) in [5.74, 6) is -2.38. The highest BCUT2D eigenvalue weighted by Gasteiger charge is 2.25. The Labute approximate surface area is 205 Å². The maximum Gasteiger partial charge on any atom is 0.344 e. The van der Waals surface area contributed by atoms with Crippen LogP contribution in [0.25, 0.3) is 0 Å². The van der Waals surface area contributed by atoms with Crippen molar-refractivity contribution in [2.45, 2.75) is 71.4 Å². The van der Waals surface area contributed by atoms with Gasteiger partial charge in [0.25, 0.3) is 0 Å². The number of aliphatic carboxylic acids is 1. The number of carboxylic acid groups (broad SMARTS) is 1. The predicted octanol–water partition coefficient (Wildman–Crippen LogP) is 5.79. The van der Waals surface area contributed by atoms with Crippen LogP contribution in [0, 0.1) is 17.6 Å². The second-order valence-corrected chi connectivity index (χ2v) is 9.58. The Hall–Kier alpha value is -3.16. The molecule has 0 spiro atoms. The summed E-state index contributed by atoms with van der Waals surface area (Å²) in [6.45, 7) is 6.49. The molecule has 2 aromatic rings. The van der Waals surface area contributed by atoms with Crippen LogP contribution in [0.5, 0.6) is 5.75 Å². The molecule has 0 aliphatic heterocycles. The fourth-order valence-electron chi connectivity index (χ4n) is 4.46. The smallest absolute Gasteiger partial charge is 0.344 e. The third-order valence-corrected chi connectivity index (χ3v) is 6.16. The fourth-order valence-corrected chi connectivity index (χ4v) is 4.46. The van der Waals surface area contributed by atoms with E-state index in [2.05, 4.69) is 24.1 Å². The minimum atomic E-state index is -1.10. The zero-order valence-electron chi connectivity index (χ0n) is 20.5. The van der Waals surface area contributed by atoms with Gasteiger partial charge in [-0.25, -0.2) is 13.6 Å². The normalized spacial score (nSPS) is 15.0. The van der Waals surface area contributed by atoms with Crippen LogP contribution < -0.4 is 15.0 Å². The number of anilines is 2. The molecule has 3 rings (SSSR count). The Bertz CT molecular complexity index is 1040. The van der Waals surface area contributed by atoms with Crippen molar-refractivity contribution in [2.24, 2.45) is 5.92 Å². The molecule has 190 valence electrons. The van der Waals surface area contributed by atoms with Crippen LogP contribution in [0.3, 0.4) is 0 Å². The number of carbonyl (C=O) groups is 2. The molecule has 1 fully saturated rings. The number of benzene rings is 2. The van der Waals surface area contributed by atoms with Crippen LogP contribution >= 0.6 is 0 Å². The molecule has 0 aromatic heterocycles. The van der Waals surface area contributed by atoms with E-state index in [0.717, 1.165) is 50.0 Å². The number of hydrogen-bond donors (Lipinski definition) is 2. The van der Waals surface area contributed by atoms with Crippen molar-refractivity contribution in [3.8, 4) is 5.75 Å². The standard InChI is InChI=1S/C27H34F2N2O4/c1-17(2)16-31(21-7-5-4-6-8-21)25-12-11-22(35-18(3)27(33)34)15-24(25)30-26(32)13-19-9-10-20(28)14-23(19)29/h9-12,14-15,17-18,21H,4-8,13,16H2,1-3H3,(H,30,32)(H,33,34). The van der Waals surface area contributed by atoms with E-state index in [4.69, 9.17) is 4.74 Å². The van der Waals surface area contributed by atoms with Gasteiger partial charge in [0.1, 0.15) is 17.4 Å². The molecule has 0 radical (unpaired) electrons. The molecule has 0 heterocycles. The van der Waals surface area contributed by atoms with E-state index in [1.54, 1.807) is 12.1 Å². The van der Waals surface area contributed by atoms with Crippen molar-refractivity contribution in [2.75, 3.05) is 16.8 Å². The second-order valence-electron chi connectivity index (χ2n) is 9.58. The Morgan fingerprint density at radius 3 is 2.43 bits per heavy atom. The van der Waals surface area contributed by atoms with Crippen LogP contribution in [-0.4, -0.2) is 35.7 Å². The number of nitrogens with zero attached hydrogens (tertiary/aromatic N) is 1. The molecule has 0 bridgehead atoms. The van der Waals surface area contributed by atoms with E-state index in [9.17, 15) is 23.5 Å². The van der Waals surface area contributed by atoms with Gasteiger partial charge in [-0.2, -0.15) is 0 Å². The van der Waals surface area contributed by atoms with Crippen LogP contribution in [-0.2, 0) is 16.0 Å². The molecule has 35 heavy (non-hydrogen) atoms. The lowest BCUT2D eigenvalue weighted by atomic mass is 9.93. The summed E-state index contributed by atoms with van der Waals surface area (Å²) in [4.78, 5) is 26.5. The van der Waals surface area contributed by atoms with Gasteiger partial charge in [0.2, 0.25) is 5.91 Å². The Balaban J connectivity index is 1.93. The van der Waals surface area contributed by atoms with Gasteiger partial charge in [-0.15, -0.1) is 0 Å². The third-order valence-electron chi connectivity index (χ3n) is 6.16. The molecule has 6 nitrogen and oxygen atoms in total. The van der Waals surface area contributed by atoms with Crippen molar-refractivity contribution < 1.29 is 28.2 Å². The molecule has 2 aromatic carbocycles. The van der Waals surface area contributed by atoms with E-state index in [0.29, 0.717) is 23.4 Å². The monoisotopic (exact) mass is 488 g/mol. The minimum absolute atomic E-state index is 0.0867. The average molecular weight is 489 g/mol. The minimum Gasteiger partial charge on any atom is -0.479 e. The van der Waals surface area contributed by atoms with Gasteiger partial charge >= 0.3 is 5.97 Å². The van der Waals surface area contributed by atoms with Gasteiger partial charge < -0.3 is 20.1 Å². The van der Waals surface area contributed by atoms with Gasteiger partial charge in [0.15, 0.2) is 6.10 Å². The highest BCUT2D eigenvalue weighted by Crippen LogP contribution is 2.36. The topological polar surface area (TPSA) is 78.9 Å². The second kappa shape index (κ2) is 12.0. The lowest BCUT2D eigenvalue weighted by molar-refractivity contribution is -0.144. The van der Waals surface area contributed by atoms with Crippen LogP contribution in [0.1, 0.15) is 58.4 Å². The summed E-state index contributed by atoms with van der Waals surface area (Å²) in [5.41, 5.74) is 1.37. The molecule has 1 aliphatic carbocycles. The highest BCUT2D eigenvalue weighted by atomic mass is 19.1. The van der Waals surface area contributed by atoms with Crippen molar-refractivity contribution >= 4 is 23.3 Å². The molecule has 1 amide bonds. The summed E-state index contributed by atoms with van der Waals surface area (Å²) in [6.07, 6.45) is 4.26. The van der Waals surface area contributed by atoms with Crippen LogP contribution in [0.15, 0.2) is 36.4 Å². The van der Waals surface area contributed by atoms with Gasteiger partial charge in [0, 0.05) is 24.7 Å². The van der Waals surface area contributed by atoms with Crippen molar-refractivity contribution in [3.63, 3.8) is 0 Å². The quantitative estimate of drug-likeness (QED) is 0.442. The SMILES string of the molecule is CC(C)CN(c1ccc(OC(C)C(=O)O)cc1NC(=O)Cc1ccc(F)cc1F)C1CCCCC1. The molecule has 1 atom stereocenters. The average Bonchev–Trinajstić information content (AvgIpc) is 2.80.